The first-order chi connectivity index (χ1) is 11.6. The number of rotatable bonds is 3. The first kappa shape index (κ1) is 15.9. The van der Waals surface area contributed by atoms with Gasteiger partial charge in [0, 0.05) is 23.3 Å². The van der Waals surface area contributed by atoms with Crippen LogP contribution in [0.15, 0.2) is 42.6 Å². The molecule has 0 atom stereocenters. The molecule has 2 aromatic rings. The van der Waals surface area contributed by atoms with Crippen molar-refractivity contribution in [1.82, 2.24) is 4.90 Å². The summed E-state index contributed by atoms with van der Waals surface area (Å²) in [7, 11) is 0. The Morgan fingerprint density at radius 2 is 1.88 bits per heavy atom. The SMILES string of the molecule is Cc1c(C(=O)N2CCN(c3cccc[nH+]3)CC2)cccc1[N+](=O)[O-]. The summed E-state index contributed by atoms with van der Waals surface area (Å²) < 4.78 is 0. The summed E-state index contributed by atoms with van der Waals surface area (Å²) >= 11 is 0. The van der Waals surface area contributed by atoms with Gasteiger partial charge in [0.2, 0.25) is 0 Å². The van der Waals surface area contributed by atoms with Crippen molar-refractivity contribution in [2.45, 2.75) is 6.92 Å². The lowest BCUT2D eigenvalue weighted by atomic mass is 10.1. The second-order valence-corrected chi connectivity index (χ2v) is 5.73. The van der Waals surface area contributed by atoms with E-state index in [0.717, 1.165) is 18.9 Å². The molecule has 0 saturated carbocycles. The minimum atomic E-state index is -0.449. The molecule has 1 saturated heterocycles. The number of pyridine rings is 1. The number of piperazine rings is 1. The van der Waals surface area contributed by atoms with Crippen molar-refractivity contribution in [3.05, 3.63) is 63.8 Å². The molecule has 3 rings (SSSR count). The lowest BCUT2D eigenvalue weighted by Gasteiger charge is -2.31. The van der Waals surface area contributed by atoms with Crippen LogP contribution in [-0.2, 0) is 0 Å². The largest absolute Gasteiger partial charge is 0.331 e. The van der Waals surface area contributed by atoms with E-state index >= 15 is 0 Å². The Labute approximate surface area is 139 Å². The minimum absolute atomic E-state index is 0.0154. The zero-order chi connectivity index (χ0) is 17.1. The van der Waals surface area contributed by atoms with Crippen LogP contribution >= 0.6 is 0 Å². The number of nitrogens with one attached hydrogen (secondary N) is 1. The van der Waals surface area contributed by atoms with Crippen LogP contribution < -0.4 is 9.88 Å². The molecular formula is C17H19N4O3+. The van der Waals surface area contributed by atoms with Crippen LogP contribution in [-0.4, -0.2) is 41.9 Å². The molecule has 0 unspecified atom stereocenters. The predicted octanol–water partition coefficient (Wildman–Crippen LogP) is 1.68. The average molecular weight is 327 g/mol. The lowest BCUT2D eigenvalue weighted by Crippen LogP contribution is -2.50. The average Bonchev–Trinajstić information content (AvgIpc) is 2.62. The van der Waals surface area contributed by atoms with Gasteiger partial charge in [0.15, 0.2) is 0 Å². The first-order valence-electron chi connectivity index (χ1n) is 7.83. The van der Waals surface area contributed by atoms with Crippen LogP contribution in [0.3, 0.4) is 0 Å². The van der Waals surface area contributed by atoms with Gasteiger partial charge in [0.25, 0.3) is 17.4 Å². The molecule has 24 heavy (non-hydrogen) atoms. The number of nitrogens with zero attached hydrogens (tertiary/aromatic N) is 3. The highest BCUT2D eigenvalue weighted by Crippen LogP contribution is 2.23. The van der Waals surface area contributed by atoms with Crippen LogP contribution in [0.4, 0.5) is 11.5 Å². The number of anilines is 1. The van der Waals surface area contributed by atoms with Gasteiger partial charge in [-0.3, -0.25) is 19.8 Å². The Balaban J connectivity index is 1.72. The standard InChI is InChI=1S/C17H18N4O3/c1-13-14(5-4-6-15(13)21(23)24)17(22)20-11-9-19(10-12-20)16-7-2-3-8-18-16/h2-8H,9-12H2,1H3/p+1. The predicted molar refractivity (Wildman–Crippen MR) is 88.9 cm³/mol. The second kappa shape index (κ2) is 6.66. The number of H-pyrrole nitrogens is 1. The summed E-state index contributed by atoms with van der Waals surface area (Å²) in [4.78, 5) is 30.4. The van der Waals surface area contributed by atoms with Gasteiger partial charge in [-0.05, 0) is 19.1 Å². The van der Waals surface area contributed by atoms with E-state index in [4.69, 9.17) is 0 Å². The van der Waals surface area contributed by atoms with E-state index in [1.54, 1.807) is 24.0 Å². The summed E-state index contributed by atoms with van der Waals surface area (Å²) in [6.07, 6.45) is 1.87. The van der Waals surface area contributed by atoms with Crippen molar-refractivity contribution in [1.29, 1.82) is 0 Å². The van der Waals surface area contributed by atoms with Gasteiger partial charge in [-0.1, -0.05) is 12.1 Å². The van der Waals surface area contributed by atoms with Crippen molar-refractivity contribution in [2.75, 3.05) is 31.1 Å². The number of carbonyl (C=O) groups is 1. The highest BCUT2D eigenvalue weighted by Gasteiger charge is 2.28. The fraction of sp³-hybridized carbons (Fsp3) is 0.294. The van der Waals surface area contributed by atoms with Gasteiger partial charge >= 0.3 is 0 Å². The van der Waals surface area contributed by atoms with Gasteiger partial charge in [-0.15, -0.1) is 0 Å². The minimum Gasteiger partial charge on any atom is -0.331 e. The Kier molecular flexibility index (Phi) is 4.41. The van der Waals surface area contributed by atoms with E-state index < -0.39 is 4.92 Å². The smallest absolute Gasteiger partial charge is 0.274 e. The quantitative estimate of drug-likeness (QED) is 0.634. The molecule has 1 aromatic heterocycles. The maximum Gasteiger partial charge on any atom is 0.274 e. The third kappa shape index (κ3) is 3.05. The number of carbonyl (C=O) groups excluding carboxylic acids is 1. The molecule has 0 spiro atoms. The molecule has 1 aliphatic rings. The van der Waals surface area contributed by atoms with E-state index in [9.17, 15) is 14.9 Å². The maximum absolute atomic E-state index is 12.7. The summed E-state index contributed by atoms with van der Waals surface area (Å²) in [5.74, 6) is 0.879. The molecule has 1 fully saturated rings. The number of aromatic nitrogens is 1. The van der Waals surface area contributed by atoms with Crippen molar-refractivity contribution in [3.63, 3.8) is 0 Å². The third-order valence-electron chi connectivity index (χ3n) is 4.33. The maximum atomic E-state index is 12.7. The zero-order valence-corrected chi connectivity index (χ0v) is 13.4. The number of hydrogen-bond acceptors (Lipinski definition) is 4. The fourth-order valence-corrected chi connectivity index (χ4v) is 2.95. The molecule has 2 heterocycles. The Morgan fingerprint density at radius 3 is 2.50 bits per heavy atom. The topological polar surface area (TPSA) is 80.8 Å². The molecule has 7 nitrogen and oxygen atoms in total. The van der Waals surface area contributed by atoms with Crippen molar-refractivity contribution in [3.8, 4) is 0 Å². The Bertz CT molecular complexity index is 756. The van der Waals surface area contributed by atoms with Crippen molar-refractivity contribution >= 4 is 17.4 Å². The van der Waals surface area contributed by atoms with Gasteiger partial charge in [-0.25, -0.2) is 4.98 Å². The number of nitro benzene ring substituents is 1. The van der Waals surface area contributed by atoms with Crippen molar-refractivity contribution < 1.29 is 14.7 Å². The Morgan fingerprint density at radius 1 is 1.12 bits per heavy atom. The van der Waals surface area contributed by atoms with Crippen LogP contribution in [0, 0.1) is 17.0 Å². The molecule has 124 valence electrons. The molecule has 1 amide bonds. The molecule has 1 aromatic carbocycles. The summed E-state index contributed by atoms with van der Waals surface area (Å²) in [5, 5.41) is 11.0. The first-order valence-corrected chi connectivity index (χ1v) is 7.83. The van der Waals surface area contributed by atoms with Crippen LogP contribution in [0.25, 0.3) is 0 Å². The van der Waals surface area contributed by atoms with E-state index in [2.05, 4.69) is 9.88 Å². The van der Waals surface area contributed by atoms with E-state index in [1.165, 1.54) is 6.07 Å². The van der Waals surface area contributed by atoms with E-state index in [0.29, 0.717) is 24.2 Å². The Hall–Kier alpha value is -2.96. The monoisotopic (exact) mass is 327 g/mol. The normalized spacial score (nSPS) is 14.5. The molecule has 0 bridgehead atoms. The van der Waals surface area contributed by atoms with Crippen molar-refractivity contribution in [2.24, 2.45) is 0 Å². The number of benzene rings is 1. The molecule has 1 N–H and O–H groups in total. The number of hydrogen-bond donors (Lipinski definition) is 0. The third-order valence-corrected chi connectivity index (χ3v) is 4.33. The fourth-order valence-electron chi connectivity index (χ4n) is 2.95. The molecule has 0 aliphatic carbocycles. The molecular weight excluding hydrogens is 308 g/mol. The second-order valence-electron chi connectivity index (χ2n) is 5.73. The van der Waals surface area contributed by atoms with E-state index in [1.807, 2.05) is 24.4 Å². The number of nitro groups is 1. The molecule has 0 radical (unpaired) electrons. The summed E-state index contributed by atoms with van der Waals surface area (Å²) in [6, 6.07) is 10.5. The van der Waals surface area contributed by atoms with Crippen LogP contribution in [0.2, 0.25) is 0 Å². The van der Waals surface area contributed by atoms with Gasteiger partial charge in [0.05, 0.1) is 24.2 Å². The highest BCUT2D eigenvalue weighted by molar-refractivity contribution is 5.96. The summed E-state index contributed by atoms with van der Waals surface area (Å²) in [6.45, 7) is 4.24. The molecule has 7 heteroatoms. The van der Waals surface area contributed by atoms with Crippen LogP contribution in [0.5, 0.6) is 0 Å². The van der Waals surface area contributed by atoms with Gasteiger partial charge in [0.1, 0.15) is 13.1 Å². The van der Waals surface area contributed by atoms with Gasteiger partial charge < -0.3 is 4.90 Å². The number of amides is 1. The molecule has 1 aliphatic heterocycles. The zero-order valence-electron chi connectivity index (χ0n) is 13.4. The van der Waals surface area contributed by atoms with Gasteiger partial charge in [-0.2, -0.15) is 0 Å². The number of aromatic amines is 1. The lowest BCUT2D eigenvalue weighted by molar-refractivity contribution is -0.385. The van der Waals surface area contributed by atoms with Crippen LogP contribution in [0.1, 0.15) is 15.9 Å². The highest BCUT2D eigenvalue weighted by atomic mass is 16.6. The van der Waals surface area contributed by atoms with E-state index in [-0.39, 0.29) is 11.6 Å². The summed E-state index contributed by atoms with van der Waals surface area (Å²) in [5.41, 5.74) is 0.814.